The molecule has 1 aliphatic rings. The Kier molecular flexibility index (Phi) is 4.66. The van der Waals surface area contributed by atoms with Gasteiger partial charge in [0.1, 0.15) is 5.75 Å². The van der Waals surface area contributed by atoms with Crippen LogP contribution in [0.15, 0.2) is 18.2 Å². The maximum Gasteiger partial charge on any atom is 0.160 e. The van der Waals surface area contributed by atoms with Gasteiger partial charge in [0.05, 0.1) is 24.8 Å². The van der Waals surface area contributed by atoms with Crippen molar-refractivity contribution in [1.29, 1.82) is 0 Å². The van der Waals surface area contributed by atoms with Crippen LogP contribution in [0.5, 0.6) is 5.75 Å². The maximum atomic E-state index is 6.03. The summed E-state index contributed by atoms with van der Waals surface area (Å²) in [5.74, 6) is 0.725. The van der Waals surface area contributed by atoms with E-state index in [-0.39, 0.29) is 6.29 Å². The lowest BCUT2D eigenvalue weighted by Gasteiger charge is -2.23. The molecule has 2 rings (SSSR count). The van der Waals surface area contributed by atoms with E-state index in [1.54, 1.807) is 0 Å². The van der Waals surface area contributed by atoms with Gasteiger partial charge in [0.25, 0.3) is 0 Å². The van der Waals surface area contributed by atoms with Crippen LogP contribution in [0.3, 0.4) is 0 Å². The molecule has 0 saturated carbocycles. The number of halogens is 1. The fourth-order valence-electron chi connectivity index (χ4n) is 1.69. The first-order valence-electron chi connectivity index (χ1n) is 5.88. The Morgan fingerprint density at radius 3 is 2.88 bits per heavy atom. The van der Waals surface area contributed by atoms with Gasteiger partial charge >= 0.3 is 0 Å². The summed E-state index contributed by atoms with van der Waals surface area (Å²) in [5, 5.41) is 0.640. The Morgan fingerprint density at radius 2 is 2.12 bits per heavy atom. The van der Waals surface area contributed by atoms with E-state index in [2.05, 4.69) is 0 Å². The van der Waals surface area contributed by atoms with Crippen molar-refractivity contribution in [3.05, 3.63) is 28.8 Å². The Balaban J connectivity index is 1.79. The van der Waals surface area contributed by atoms with Crippen molar-refractivity contribution in [3.63, 3.8) is 0 Å². The standard InChI is InChI=1S/C13H17ClO3/c1-10-3-4-11(14)12(9-10)15-8-5-13-16-6-2-7-17-13/h3-4,9,13H,2,5-8H2,1H3. The first-order chi connectivity index (χ1) is 8.25. The monoisotopic (exact) mass is 256 g/mol. The molecule has 0 atom stereocenters. The summed E-state index contributed by atoms with van der Waals surface area (Å²) in [6.07, 6.45) is 1.57. The van der Waals surface area contributed by atoms with Gasteiger partial charge < -0.3 is 14.2 Å². The molecule has 94 valence electrons. The quantitative estimate of drug-likeness (QED) is 0.828. The zero-order chi connectivity index (χ0) is 12.1. The van der Waals surface area contributed by atoms with Gasteiger partial charge in [-0.2, -0.15) is 0 Å². The molecule has 1 aromatic carbocycles. The van der Waals surface area contributed by atoms with Gasteiger partial charge in [0.15, 0.2) is 6.29 Å². The van der Waals surface area contributed by atoms with Gasteiger partial charge in [0, 0.05) is 6.42 Å². The molecule has 1 fully saturated rings. The molecule has 0 aliphatic carbocycles. The zero-order valence-electron chi connectivity index (χ0n) is 9.95. The number of hydrogen-bond donors (Lipinski definition) is 0. The predicted octanol–water partition coefficient (Wildman–Crippen LogP) is 3.18. The lowest BCUT2D eigenvalue weighted by atomic mass is 10.2. The second-order valence-electron chi connectivity index (χ2n) is 4.10. The van der Waals surface area contributed by atoms with Crippen LogP contribution < -0.4 is 4.74 Å². The predicted molar refractivity (Wildman–Crippen MR) is 66.6 cm³/mol. The van der Waals surface area contributed by atoms with Gasteiger partial charge in [0.2, 0.25) is 0 Å². The summed E-state index contributed by atoms with van der Waals surface area (Å²) in [6.45, 7) is 4.11. The fraction of sp³-hybridized carbons (Fsp3) is 0.538. The van der Waals surface area contributed by atoms with Crippen LogP contribution in [0, 0.1) is 6.92 Å². The van der Waals surface area contributed by atoms with Crippen molar-refractivity contribution in [2.75, 3.05) is 19.8 Å². The molecule has 1 aromatic rings. The summed E-state index contributed by atoms with van der Waals surface area (Å²) in [7, 11) is 0. The Bertz CT molecular complexity index is 362. The average Bonchev–Trinajstić information content (AvgIpc) is 2.35. The molecule has 1 saturated heterocycles. The average molecular weight is 257 g/mol. The van der Waals surface area contributed by atoms with E-state index in [9.17, 15) is 0 Å². The van der Waals surface area contributed by atoms with E-state index >= 15 is 0 Å². The van der Waals surface area contributed by atoms with E-state index in [0.29, 0.717) is 11.6 Å². The first-order valence-corrected chi connectivity index (χ1v) is 6.25. The second kappa shape index (κ2) is 6.24. The third-order valence-electron chi connectivity index (χ3n) is 2.59. The Hall–Kier alpha value is -0.770. The number of benzene rings is 1. The molecule has 0 unspecified atom stereocenters. The van der Waals surface area contributed by atoms with E-state index in [1.165, 1.54) is 0 Å². The van der Waals surface area contributed by atoms with E-state index in [1.807, 2.05) is 25.1 Å². The van der Waals surface area contributed by atoms with Gasteiger partial charge in [-0.15, -0.1) is 0 Å². The van der Waals surface area contributed by atoms with E-state index in [4.69, 9.17) is 25.8 Å². The number of ether oxygens (including phenoxy) is 3. The molecule has 3 nitrogen and oxygen atoms in total. The van der Waals surface area contributed by atoms with Crippen LogP contribution in [0.2, 0.25) is 5.02 Å². The Morgan fingerprint density at radius 1 is 1.35 bits per heavy atom. The third kappa shape index (κ3) is 3.87. The maximum absolute atomic E-state index is 6.03. The number of rotatable bonds is 4. The minimum Gasteiger partial charge on any atom is -0.492 e. The van der Waals surface area contributed by atoms with Crippen molar-refractivity contribution < 1.29 is 14.2 Å². The molecule has 0 radical (unpaired) electrons. The van der Waals surface area contributed by atoms with E-state index < -0.39 is 0 Å². The summed E-state index contributed by atoms with van der Waals surface area (Å²) in [4.78, 5) is 0. The molecule has 0 spiro atoms. The summed E-state index contributed by atoms with van der Waals surface area (Å²) < 4.78 is 16.5. The minimum absolute atomic E-state index is 0.132. The highest BCUT2D eigenvalue weighted by molar-refractivity contribution is 6.32. The molecular weight excluding hydrogens is 240 g/mol. The zero-order valence-corrected chi connectivity index (χ0v) is 10.7. The lowest BCUT2D eigenvalue weighted by Crippen LogP contribution is -2.26. The fourth-order valence-corrected chi connectivity index (χ4v) is 1.86. The molecule has 1 aliphatic heterocycles. The van der Waals surface area contributed by atoms with Crippen LogP contribution >= 0.6 is 11.6 Å². The molecule has 0 N–H and O–H groups in total. The molecule has 17 heavy (non-hydrogen) atoms. The second-order valence-corrected chi connectivity index (χ2v) is 4.50. The minimum atomic E-state index is -0.132. The van der Waals surface area contributed by atoms with Crippen molar-refractivity contribution in [2.45, 2.75) is 26.1 Å². The highest BCUT2D eigenvalue weighted by Crippen LogP contribution is 2.25. The Labute approximate surface area is 107 Å². The topological polar surface area (TPSA) is 27.7 Å². The van der Waals surface area contributed by atoms with Crippen LogP contribution in [0.1, 0.15) is 18.4 Å². The molecule has 4 heteroatoms. The highest BCUT2D eigenvalue weighted by atomic mass is 35.5. The third-order valence-corrected chi connectivity index (χ3v) is 2.91. The van der Waals surface area contributed by atoms with Gasteiger partial charge in [-0.1, -0.05) is 17.7 Å². The van der Waals surface area contributed by atoms with Crippen molar-refractivity contribution in [3.8, 4) is 5.75 Å². The van der Waals surface area contributed by atoms with Gasteiger partial charge in [-0.25, -0.2) is 0 Å². The molecular formula is C13H17ClO3. The largest absolute Gasteiger partial charge is 0.492 e. The van der Waals surface area contributed by atoms with Gasteiger partial charge in [-0.05, 0) is 31.0 Å². The van der Waals surface area contributed by atoms with Gasteiger partial charge in [-0.3, -0.25) is 0 Å². The molecule has 0 aromatic heterocycles. The van der Waals surface area contributed by atoms with Crippen LogP contribution in [-0.4, -0.2) is 26.1 Å². The molecule has 0 amide bonds. The van der Waals surface area contributed by atoms with Crippen molar-refractivity contribution >= 4 is 11.6 Å². The van der Waals surface area contributed by atoms with Crippen molar-refractivity contribution in [1.82, 2.24) is 0 Å². The number of aryl methyl sites for hydroxylation is 1. The molecule has 0 bridgehead atoms. The van der Waals surface area contributed by atoms with Crippen LogP contribution in [0.25, 0.3) is 0 Å². The number of hydrogen-bond acceptors (Lipinski definition) is 3. The smallest absolute Gasteiger partial charge is 0.160 e. The van der Waals surface area contributed by atoms with Crippen LogP contribution in [0.4, 0.5) is 0 Å². The van der Waals surface area contributed by atoms with Crippen LogP contribution in [-0.2, 0) is 9.47 Å². The lowest BCUT2D eigenvalue weighted by molar-refractivity contribution is -0.183. The molecule has 1 heterocycles. The first kappa shape index (κ1) is 12.7. The normalized spacial score (nSPS) is 17.1. The summed E-state index contributed by atoms with van der Waals surface area (Å²) in [5.41, 5.74) is 1.13. The SMILES string of the molecule is Cc1ccc(Cl)c(OCCC2OCCCO2)c1. The summed E-state index contributed by atoms with van der Waals surface area (Å²) in [6, 6.07) is 5.74. The summed E-state index contributed by atoms with van der Waals surface area (Å²) >= 11 is 6.03. The highest BCUT2D eigenvalue weighted by Gasteiger charge is 2.14. The van der Waals surface area contributed by atoms with E-state index in [0.717, 1.165) is 37.4 Å². The van der Waals surface area contributed by atoms with Crippen molar-refractivity contribution in [2.24, 2.45) is 0 Å².